The average Bonchev–Trinajstić information content (AvgIpc) is 2.82. The van der Waals surface area contributed by atoms with Gasteiger partial charge in [0.2, 0.25) is 0 Å². The Morgan fingerprint density at radius 2 is 2.12 bits per heavy atom. The molecule has 0 aliphatic carbocycles. The highest BCUT2D eigenvalue weighted by molar-refractivity contribution is 6.30. The molecule has 0 aliphatic heterocycles. The second kappa shape index (κ2) is 5.14. The molecule has 90 valence electrons. The summed E-state index contributed by atoms with van der Waals surface area (Å²) in [6.45, 7) is 5.45. The molecule has 0 aliphatic rings. The number of nitrogens with one attached hydrogen (secondary N) is 1. The first kappa shape index (κ1) is 11.9. The van der Waals surface area contributed by atoms with Crippen molar-refractivity contribution >= 4 is 17.4 Å². The molecule has 0 saturated carbocycles. The Labute approximate surface area is 105 Å². The van der Waals surface area contributed by atoms with E-state index in [1.807, 2.05) is 30.8 Å². The van der Waals surface area contributed by atoms with E-state index in [2.05, 4.69) is 20.6 Å². The maximum absolute atomic E-state index is 5.89. The van der Waals surface area contributed by atoms with Crippen LogP contribution in [0, 0.1) is 13.8 Å². The van der Waals surface area contributed by atoms with Crippen LogP contribution < -0.4 is 5.32 Å². The van der Waals surface area contributed by atoms with Crippen molar-refractivity contribution in [2.24, 2.45) is 0 Å². The van der Waals surface area contributed by atoms with Crippen molar-refractivity contribution in [3.63, 3.8) is 0 Å². The molecule has 0 fully saturated rings. The van der Waals surface area contributed by atoms with Crippen LogP contribution in [0.25, 0.3) is 0 Å². The third-order valence-corrected chi connectivity index (χ3v) is 3.02. The van der Waals surface area contributed by atoms with E-state index < -0.39 is 0 Å². The highest BCUT2D eigenvalue weighted by Gasteiger charge is 2.07. The first-order valence-electron chi connectivity index (χ1n) is 5.39. The number of halogens is 1. The van der Waals surface area contributed by atoms with Crippen molar-refractivity contribution in [2.75, 3.05) is 11.9 Å². The van der Waals surface area contributed by atoms with Crippen molar-refractivity contribution in [1.29, 1.82) is 0 Å². The quantitative estimate of drug-likeness (QED) is 0.904. The van der Waals surface area contributed by atoms with Gasteiger partial charge in [-0.3, -0.25) is 4.68 Å². The van der Waals surface area contributed by atoms with Gasteiger partial charge < -0.3 is 5.32 Å². The summed E-state index contributed by atoms with van der Waals surface area (Å²) in [4.78, 5) is 0. The summed E-state index contributed by atoms with van der Waals surface area (Å²) in [6.07, 6.45) is 3.69. The molecule has 6 heteroatoms. The first-order valence-corrected chi connectivity index (χ1v) is 5.77. The van der Waals surface area contributed by atoms with Gasteiger partial charge in [-0.1, -0.05) is 11.6 Å². The molecule has 0 atom stereocenters. The minimum Gasteiger partial charge on any atom is -0.366 e. The van der Waals surface area contributed by atoms with Gasteiger partial charge >= 0.3 is 0 Å². The van der Waals surface area contributed by atoms with Gasteiger partial charge in [-0.15, -0.1) is 10.2 Å². The third kappa shape index (κ3) is 2.74. The molecule has 0 amide bonds. The molecule has 0 radical (unpaired) electrons. The number of aromatic nitrogens is 4. The summed E-state index contributed by atoms with van der Waals surface area (Å²) in [5.74, 6) is 0.777. The first-order chi connectivity index (χ1) is 8.18. The molecule has 0 unspecified atom stereocenters. The third-order valence-electron chi connectivity index (χ3n) is 2.66. The van der Waals surface area contributed by atoms with Gasteiger partial charge in [0.05, 0.1) is 6.54 Å². The van der Waals surface area contributed by atoms with Crippen LogP contribution in [0.5, 0.6) is 0 Å². The summed E-state index contributed by atoms with van der Waals surface area (Å²) in [6, 6.07) is 1.90. The number of hydrogen-bond donors (Lipinski definition) is 1. The van der Waals surface area contributed by atoms with Crippen molar-refractivity contribution in [2.45, 2.75) is 20.4 Å². The standard InChI is InChI=1S/C11H14ClN5/c1-8-9(2)11(16-15-10(8)12)13-5-7-17-6-3-4-14-17/h3-4,6H,5,7H2,1-2H3,(H,13,16). The van der Waals surface area contributed by atoms with Gasteiger partial charge in [-0.05, 0) is 31.0 Å². The highest BCUT2D eigenvalue weighted by Crippen LogP contribution is 2.20. The van der Waals surface area contributed by atoms with Crippen LogP contribution in [0.2, 0.25) is 5.15 Å². The number of nitrogens with zero attached hydrogens (tertiary/aromatic N) is 4. The summed E-state index contributed by atoms with van der Waals surface area (Å²) < 4.78 is 1.86. The summed E-state index contributed by atoms with van der Waals surface area (Å²) in [5, 5.41) is 15.7. The Hall–Kier alpha value is -1.62. The maximum Gasteiger partial charge on any atom is 0.155 e. The molecule has 2 rings (SSSR count). The van der Waals surface area contributed by atoms with E-state index in [0.29, 0.717) is 5.15 Å². The second-order valence-electron chi connectivity index (χ2n) is 3.79. The van der Waals surface area contributed by atoms with Crippen molar-refractivity contribution in [3.05, 3.63) is 34.7 Å². The molecule has 0 spiro atoms. The van der Waals surface area contributed by atoms with Crippen LogP contribution in [0.3, 0.4) is 0 Å². The molecule has 0 bridgehead atoms. The smallest absolute Gasteiger partial charge is 0.155 e. The minimum absolute atomic E-state index is 0.458. The molecule has 17 heavy (non-hydrogen) atoms. The number of anilines is 1. The van der Waals surface area contributed by atoms with Crippen LogP contribution in [0.4, 0.5) is 5.82 Å². The average molecular weight is 252 g/mol. The van der Waals surface area contributed by atoms with Gasteiger partial charge in [-0.2, -0.15) is 5.10 Å². The van der Waals surface area contributed by atoms with Gasteiger partial charge in [0.1, 0.15) is 0 Å². The van der Waals surface area contributed by atoms with E-state index in [0.717, 1.165) is 30.0 Å². The van der Waals surface area contributed by atoms with Crippen LogP contribution in [-0.4, -0.2) is 26.5 Å². The fourth-order valence-corrected chi connectivity index (χ4v) is 1.65. The predicted octanol–water partition coefficient (Wildman–Crippen LogP) is 2.06. The lowest BCUT2D eigenvalue weighted by atomic mass is 10.2. The van der Waals surface area contributed by atoms with Crippen molar-refractivity contribution in [1.82, 2.24) is 20.0 Å². The van der Waals surface area contributed by atoms with E-state index in [1.54, 1.807) is 6.20 Å². The molecule has 1 N–H and O–H groups in total. The molecule has 2 heterocycles. The zero-order valence-electron chi connectivity index (χ0n) is 9.81. The van der Waals surface area contributed by atoms with E-state index in [9.17, 15) is 0 Å². The molecule has 2 aromatic rings. The Morgan fingerprint density at radius 3 is 2.82 bits per heavy atom. The van der Waals surface area contributed by atoms with Crippen LogP contribution in [-0.2, 0) is 6.54 Å². The Morgan fingerprint density at radius 1 is 1.29 bits per heavy atom. The topological polar surface area (TPSA) is 55.6 Å². The van der Waals surface area contributed by atoms with E-state index in [1.165, 1.54) is 0 Å². The number of hydrogen-bond acceptors (Lipinski definition) is 4. The fourth-order valence-electron chi connectivity index (χ4n) is 1.47. The minimum atomic E-state index is 0.458. The summed E-state index contributed by atoms with van der Waals surface area (Å²) in [5.41, 5.74) is 1.99. The SMILES string of the molecule is Cc1c(Cl)nnc(NCCn2cccn2)c1C. The van der Waals surface area contributed by atoms with Gasteiger partial charge in [-0.25, -0.2) is 0 Å². The lowest BCUT2D eigenvalue weighted by Crippen LogP contribution is -2.13. The second-order valence-corrected chi connectivity index (χ2v) is 4.14. The lowest BCUT2D eigenvalue weighted by molar-refractivity contribution is 0.636. The maximum atomic E-state index is 5.89. The Bertz CT molecular complexity index is 495. The molecule has 2 aromatic heterocycles. The molecular formula is C11H14ClN5. The van der Waals surface area contributed by atoms with Crippen molar-refractivity contribution in [3.8, 4) is 0 Å². The Balaban J connectivity index is 1.97. The van der Waals surface area contributed by atoms with Gasteiger partial charge in [0, 0.05) is 18.9 Å². The Kier molecular flexibility index (Phi) is 3.58. The number of rotatable bonds is 4. The predicted molar refractivity (Wildman–Crippen MR) is 67.2 cm³/mol. The molecule has 0 aromatic carbocycles. The molecular weight excluding hydrogens is 238 g/mol. The van der Waals surface area contributed by atoms with E-state index in [4.69, 9.17) is 11.6 Å². The summed E-state index contributed by atoms with van der Waals surface area (Å²) in [7, 11) is 0. The van der Waals surface area contributed by atoms with Gasteiger partial charge in [0.15, 0.2) is 11.0 Å². The van der Waals surface area contributed by atoms with E-state index >= 15 is 0 Å². The van der Waals surface area contributed by atoms with Crippen LogP contribution in [0.15, 0.2) is 18.5 Å². The fraction of sp³-hybridized carbons (Fsp3) is 0.364. The largest absolute Gasteiger partial charge is 0.366 e. The van der Waals surface area contributed by atoms with Crippen molar-refractivity contribution < 1.29 is 0 Å². The lowest BCUT2D eigenvalue weighted by Gasteiger charge is -2.10. The monoisotopic (exact) mass is 251 g/mol. The highest BCUT2D eigenvalue weighted by atomic mass is 35.5. The van der Waals surface area contributed by atoms with Crippen LogP contribution in [0.1, 0.15) is 11.1 Å². The van der Waals surface area contributed by atoms with E-state index in [-0.39, 0.29) is 0 Å². The van der Waals surface area contributed by atoms with Gasteiger partial charge in [0.25, 0.3) is 0 Å². The zero-order valence-corrected chi connectivity index (χ0v) is 10.6. The normalized spacial score (nSPS) is 10.5. The molecule has 0 saturated heterocycles. The molecule has 5 nitrogen and oxygen atoms in total. The summed E-state index contributed by atoms with van der Waals surface area (Å²) >= 11 is 5.89. The zero-order chi connectivity index (χ0) is 12.3. The van der Waals surface area contributed by atoms with Crippen LogP contribution >= 0.6 is 11.6 Å².